The Balaban J connectivity index is 2.10. The zero-order valence-electron chi connectivity index (χ0n) is 11.5. The molecule has 0 radical (unpaired) electrons. The Morgan fingerprint density at radius 2 is 2.11 bits per heavy atom. The second kappa shape index (κ2) is 5.64. The number of carboxylic acids is 1. The van der Waals surface area contributed by atoms with Crippen LogP contribution in [0.25, 0.3) is 0 Å². The number of hydrogen-bond acceptors (Lipinski definition) is 5. The number of aryl methyl sites for hydroxylation is 1. The highest BCUT2D eigenvalue weighted by Crippen LogP contribution is 2.36. The number of aromatic nitrogens is 4. The van der Waals surface area contributed by atoms with Crippen molar-refractivity contribution in [2.75, 3.05) is 7.05 Å². The minimum Gasteiger partial charge on any atom is -0.481 e. The summed E-state index contributed by atoms with van der Waals surface area (Å²) in [5.41, 5.74) is -0.261. The molecule has 0 atom stereocenters. The molecule has 0 amide bonds. The van der Waals surface area contributed by atoms with Gasteiger partial charge in [-0.1, -0.05) is 19.3 Å². The first-order chi connectivity index (χ1) is 9.02. The molecule has 1 fully saturated rings. The van der Waals surface area contributed by atoms with E-state index >= 15 is 0 Å². The molecule has 106 valence electrons. The fourth-order valence-electron chi connectivity index (χ4n) is 2.95. The van der Waals surface area contributed by atoms with Crippen molar-refractivity contribution in [2.45, 2.75) is 50.6 Å². The van der Waals surface area contributed by atoms with E-state index in [1.54, 1.807) is 7.05 Å². The van der Waals surface area contributed by atoms with E-state index in [9.17, 15) is 9.90 Å². The van der Waals surface area contributed by atoms with Crippen LogP contribution in [0.2, 0.25) is 0 Å². The van der Waals surface area contributed by atoms with Crippen LogP contribution in [0, 0.1) is 0 Å². The molecule has 7 heteroatoms. The maximum atomic E-state index is 11.2. The molecular formula is C12H21N5O2. The van der Waals surface area contributed by atoms with Gasteiger partial charge in [-0.25, -0.2) is 0 Å². The average Bonchev–Trinajstić information content (AvgIpc) is 2.75. The van der Waals surface area contributed by atoms with E-state index in [1.807, 2.05) is 7.05 Å². The van der Waals surface area contributed by atoms with Crippen LogP contribution in [0.3, 0.4) is 0 Å². The highest BCUT2D eigenvalue weighted by atomic mass is 16.4. The summed E-state index contributed by atoms with van der Waals surface area (Å²) in [6.45, 7) is 0.543. The summed E-state index contributed by atoms with van der Waals surface area (Å²) in [5.74, 6) is -0.0961. The Morgan fingerprint density at radius 3 is 2.63 bits per heavy atom. The van der Waals surface area contributed by atoms with Gasteiger partial charge in [-0.3, -0.25) is 9.69 Å². The number of hydrogen-bond donors (Lipinski definition) is 1. The lowest BCUT2D eigenvalue weighted by Crippen LogP contribution is -2.49. The Bertz CT molecular complexity index is 439. The first-order valence-electron chi connectivity index (χ1n) is 6.68. The van der Waals surface area contributed by atoms with Crippen LogP contribution < -0.4 is 0 Å². The highest BCUT2D eigenvalue weighted by molar-refractivity contribution is 5.68. The number of rotatable bonds is 5. The molecule has 0 spiro atoms. The molecule has 0 saturated heterocycles. The summed E-state index contributed by atoms with van der Waals surface area (Å²) in [7, 11) is 3.69. The van der Waals surface area contributed by atoms with Crippen LogP contribution in [0.1, 0.15) is 44.3 Å². The van der Waals surface area contributed by atoms with Gasteiger partial charge in [0.1, 0.15) is 0 Å². The summed E-state index contributed by atoms with van der Waals surface area (Å²) in [5, 5.41) is 21.1. The van der Waals surface area contributed by atoms with Gasteiger partial charge in [0.05, 0.1) is 20.0 Å². The van der Waals surface area contributed by atoms with Crippen LogP contribution in [-0.4, -0.2) is 48.8 Å². The SMILES string of the molecule is CN(Cc1nnn(C)n1)C1(CC(=O)O)CCCCC1. The molecule has 7 nitrogen and oxygen atoms in total. The first kappa shape index (κ1) is 13.9. The Morgan fingerprint density at radius 1 is 1.42 bits per heavy atom. The normalized spacial score (nSPS) is 18.7. The minimum absolute atomic E-state index is 0.184. The standard InChI is InChI=1S/C12H21N5O2/c1-16(9-10-13-15-17(2)14-10)12(8-11(18)19)6-4-3-5-7-12/h3-9H2,1-2H3,(H,18,19). The van der Waals surface area contributed by atoms with Crippen molar-refractivity contribution < 1.29 is 9.90 Å². The van der Waals surface area contributed by atoms with E-state index in [0.717, 1.165) is 25.7 Å². The topological polar surface area (TPSA) is 84.1 Å². The molecule has 0 aromatic carbocycles. The summed E-state index contributed by atoms with van der Waals surface area (Å²) < 4.78 is 0. The van der Waals surface area contributed by atoms with Crippen molar-refractivity contribution in [2.24, 2.45) is 7.05 Å². The number of tetrazole rings is 1. The molecule has 1 aliphatic carbocycles. The van der Waals surface area contributed by atoms with Crippen molar-refractivity contribution in [1.82, 2.24) is 25.1 Å². The fourth-order valence-corrected chi connectivity index (χ4v) is 2.95. The maximum absolute atomic E-state index is 11.2. The van der Waals surface area contributed by atoms with Crippen LogP contribution >= 0.6 is 0 Å². The molecule has 1 aromatic heterocycles. The van der Waals surface area contributed by atoms with Gasteiger partial charge < -0.3 is 5.11 Å². The van der Waals surface area contributed by atoms with E-state index in [-0.39, 0.29) is 12.0 Å². The molecule has 0 aliphatic heterocycles. The van der Waals surface area contributed by atoms with Crippen molar-refractivity contribution in [1.29, 1.82) is 0 Å². The van der Waals surface area contributed by atoms with E-state index in [1.165, 1.54) is 11.2 Å². The second-order valence-corrected chi connectivity index (χ2v) is 5.41. The van der Waals surface area contributed by atoms with E-state index in [4.69, 9.17) is 0 Å². The Labute approximate surface area is 112 Å². The molecule has 0 unspecified atom stereocenters. The van der Waals surface area contributed by atoms with E-state index in [2.05, 4.69) is 20.3 Å². The van der Waals surface area contributed by atoms with Crippen LogP contribution in [-0.2, 0) is 18.4 Å². The molecule has 1 N–H and O–H groups in total. The van der Waals surface area contributed by atoms with Crippen molar-refractivity contribution in [3.05, 3.63) is 5.82 Å². The van der Waals surface area contributed by atoms with Gasteiger partial charge >= 0.3 is 5.97 Å². The molecular weight excluding hydrogens is 246 g/mol. The predicted molar refractivity (Wildman–Crippen MR) is 68.3 cm³/mol. The average molecular weight is 267 g/mol. The summed E-state index contributed by atoms with van der Waals surface area (Å²) in [6.07, 6.45) is 5.41. The highest BCUT2D eigenvalue weighted by Gasteiger charge is 2.38. The van der Waals surface area contributed by atoms with Gasteiger partial charge in [0.2, 0.25) is 0 Å². The number of carbonyl (C=O) groups is 1. The Kier molecular flexibility index (Phi) is 4.14. The third-order valence-corrected chi connectivity index (χ3v) is 4.00. The lowest BCUT2D eigenvalue weighted by atomic mass is 9.78. The molecule has 1 heterocycles. The van der Waals surface area contributed by atoms with Gasteiger partial charge in [-0.2, -0.15) is 4.80 Å². The van der Waals surface area contributed by atoms with E-state index in [0.29, 0.717) is 12.4 Å². The van der Waals surface area contributed by atoms with Gasteiger partial charge in [0.25, 0.3) is 0 Å². The predicted octanol–water partition coefficient (Wildman–Crippen LogP) is 0.819. The molecule has 2 rings (SSSR count). The molecule has 1 aliphatic rings. The number of aliphatic carboxylic acids is 1. The van der Waals surface area contributed by atoms with Crippen LogP contribution in [0.15, 0.2) is 0 Å². The summed E-state index contributed by atoms with van der Waals surface area (Å²) in [4.78, 5) is 14.7. The number of carboxylic acid groups (broad SMARTS) is 1. The van der Waals surface area contributed by atoms with Gasteiger partial charge in [-0.15, -0.1) is 10.2 Å². The lowest BCUT2D eigenvalue weighted by Gasteiger charge is -2.43. The molecule has 0 bridgehead atoms. The van der Waals surface area contributed by atoms with Gasteiger partial charge in [-0.05, 0) is 25.1 Å². The maximum Gasteiger partial charge on any atom is 0.305 e. The smallest absolute Gasteiger partial charge is 0.305 e. The summed E-state index contributed by atoms with van der Waals surface area (Å²) in [6, 6.07) is 0. The zero-order valence-corrected chi connectivity index (χ0v) is 11.5. The second-order valence-electron chi connectivity index (χ2n) is 5.41. The largest absolute Gasteiger partial charge is 0.481 e. The van der Waals surface area contributed by atoms with Gasteiger partial charge in [0, 0.05) is 5.54 Å². The van der Waals surface area contributed by atoms with Crippen LogP contribution in [0.5, 0.6) is 0 Å². The first-order valence-corrected chi connectivity index (χ1v) is 6.68. The van der Waals surface area contributed by atoms with Crippen molar-refractivity contribution in [3.8, 4) is 0 Å². The van der Waals surface area contributed by atoms with Crippen molar-refractivity contribution in [3.63, 3.8) is 0 Å². The Hall–Kier alpha value is -1.50. The summed E-state index contributed by atoms with van der Waals surface area (Å²) >= 11 is 0. The van der Waals surface area contributed by atoms with Crippen LogP contribution in [0.4, 0.5) is 0 Å². The number of nitrogens with zero attached hydrogens (tertiary/aromatic N) is 5. The monoisotopic (exact) mass is 267 g/mol. The lowest BCUT2D eigenvalue weighted by molar-refractivity contribution is -0.141. The third kappa shape index (κ3) is 3.28. The quantitative estimate of drug-likeness (QED) is 0.850. The fraction of sp³-hybridized carbons (Fsp3) is 0.833. The molecule has 1 aromatic rings. The van der Waals surface area contributed by atoms with Crippen molar-refractivity contribution >= 4 is 5.97 Å². The van der Waals surface area contributed by atoms with Gasteiger partial charge in [0.15, 0.2) is 5.82 Å². The minimum atomic E-state index is -0.735. The molecule has 1 saturated carbocycles. The van der Waals surface area contributed by atoms with E-state index < -0.39 is 5.97 Å². The third-order valence-electron chi connectivity index (χ3n) is 4.00. The zero-order chi connectivity index (χ0) is 13.9. The molecule has 19 heavy (non-hydrogen) atoms.